The second-order valence-corrected chi connectivity index (χ2v) is 5.60. The van der Waals surface area contributed by atoms with Crippen molar-refractivity contribution in [1.29, 1.82) is 0 Å². The van der Waals surface area contributed by atoms with Gasteiger partial charge in [-0.25, -0.2) is 0 Å². The van der Waals surface area contributed by atoms with Gasteiger partial charge in [-0.05, 0) is 30.9 Å². The average Bonchev–Trinajstić information content (AvgIpc) is 2.92. The Hall–Kier alpha value is -1.83. The van der Waals surface area contributed by atoms with E-state index < -0.39 is 0 Å². The number of nitrogens with zero attached hydrogens (tertiary/aromatic N) is 1. The van der Waals surface area contributed by atoms with Crippen LogP contribution in [-0.4, -0.2) is 10.4 Å². The molecule has 0 aliphatic carbocycles. The van der Waals surface area contributed by atoms with Crippen LogP contribution >= 0.6 is 0 Å². The summed E-state index contributed by atoms with van der Waals surface area (Å²) >= 11 is 0. The van der Waals surface area contributed by atoms with Crippen molar-refractivity contribution < 1.29 is 4.79 Å². The lowest BCUT2D eigenvalue weighted by Crippen LogP contribution is -2.06. The van der Waals surface area contributed by atoms with Crippen LogP contribution in [0, 0.1) is 5.92 Å². The van der Waals surface area contributed by atoms with Gasteiger partial charge in [-0.3, -0.25) is 4.79 Å². The molecule has 0 spiro atoms. The van der Waals surface area contributed by atoms with Gasteiger partial charge in [0.05, 0.1) is 0 Å². The topological polar surface area (TPSA) is 22.0 Å². The second kappa shape index (κ2) is 7.09. The number of hydrogen-bond acceptors (Lipinski definition) is 1. The molecule has 0 aliphatic rings. The number of unbranched alkanes of at least 4 members (excludes halogenated alkanes) is 1. The molecule has 0 aliphatic heterocycles. The van der Waals surface area contributed by atoms with Crippen LogP contribution < -0.4 is 0 Å². The van der Waals surface area contributed by atoms with E-state index in [0.717, 1.165) is 24.9 Å². The molecule has 1 aromatic carbocycles. The van der Waals surface area contributed by atoms with Crippen molar-refractivity contribution in [2.24, 2.45) is 5.92 Å². The smallest absolute Gasteiger partial charge is 0.166 e. The van der Waals surface area contributed by atoms with Gasteiger partial charge in [-0.1, -0.05) is 44.2 Å². The van der Waals surface area contributed by atoms with Gasteiger partial charge in [-0.2, -0.15) is 0 Å². The predicted molar refractivity (Wildman–Crippen MR) is 83.0 cm³/mol. The maximum absolute atomic E-state index is 11.9. The first-order valence-electron chi connectivity index (χ1n) is 7.41. The number of hydrogen-bond donors (Lipinski definition) is 0. The summed E-state index contributed by atoms with van der Waals surface area (Å²) in [6.07, 6.45) is 7.43. The van der Waals surface area contributed by atoms with Crippen molar-refractivity contribution in [2.75, 3.05) is 0 Å². The number of carbonyl (C=O) groups excluding carboxylic acids is 1. The Morgan fingerprint density at radius 1 is 1.10 bits per heavy atom. The molecule has 20 heavy (non-hydrogen) atoms. The molecule has 1 aromatic heterocycles. The van der Waals surface area contributed by atoms with Gasteiger partial charge in [-0.15, -0.1) is 0 Å². The predicted octanol–water partition coefficient (Wildman–Crippen LogP) is 4.35. The van der Waals surface area contributed by atoms with E-state index in [1.807, 2.05) is 32.3 Å². The fourth-order valence-electron chi connectivity index (χ4n) is 2.33. The average molecular weight is 269 g/mol. The van der Waals surface area contributed by atoms with E-state index in [9.17, 15) is 4.79 Å². The summed E-state index contributed by atoms with van der Waals surface area (Å²) in [5.41, 5.74) is 2.23. The van der Waals surface area contributed by atoms with E-state index in [2.05, 4.69) is 34.9 Å². The van der Waals surface area contributed by atoms with Gasteiger partial charge in [0.1, 0.15) is 0 Å². The number of carbonyl (C=O) groups is 1. The zero-order valence-electron chi connectivity index (χ0n) is 12.4. The Bertz CT molecular complexity index is 540. The van der Waals surface area contributed by atoms with Gasteiger partial charge < -0.3 is 4.57 Å². The summed E-state index contributed by atoms with van der Waals surface area (Å²) in [7, 11) is 0. The summed E-state index contributed by atoms with van der Waals surface area (Å²) in [5.74, 6) is 0.303. The SMILES string of the molecule is CC(C)C(=O)c1ccn(CCCCc2ccccc2)c1. The number of aromatic nitrogens is 1. The first kappa shape index (κ1) is 14.6. The zero-order valence-corrected chi connectivity index (χ0v) is 12.4. The number of Topliss-reactive ketones (excluding diaryl/α,β-unsaturated/α-hetero) is 1. The Morgan fingerprint density at radius 2 is 1.85 bits per heavy atom. The molecule has 0 fully saturated rings. The van der Waals surface area contributed by atoms with Crippen LogP contribution in [0.3, 0.4) is 0 Å². The Balaban J connectivity index is 1.76. The Morgan fingerprint density at radius 3 is 2.55 bits per heavy atom. The molecule has 2 nitrogen and oxygen atoms in total. The minimum atomic E-state index is 0.0731. The van der Waals surface area contributed by atoms with E-state index >= 15 is 0 Å². The van der Waals surface area contributed by atoms with E-state index in [-0.39, 0.29) is 11.7 Å². The fourth-order valence-corrected chi connectivity index (χ4v) is 2.33. The summed E-state index contributed by atoms with van der Waals surface area (Å²) < 4.78 is 2.13. The monoisotopic (exact) mass is 269 g/mol. The molecule has 0 radical (unpaired) electrons. The quantitative estimate of drug-likeness (QED) is 0.541. The van der Waals surface area contributed by atoms with Gasteiger partial charge in [0.15, 0.2) is 5.78 Å². The van der Waals surface area contributed by atoms with Crippen LogP contribution in [0.15, 0.2) is 48.8 Å². The Kier molecular flexibility index (Phi) is 5.16. The molecule has 0 N–H and O–H groups in total. The molecule has 0 bridgehead atoms. The molecule has 0 atom stereocenters. The molecule has 0 unspecified atom stereocenters. The highest BCUT2D eigenvalue weighted by Gasteiger charge is 2.11. The number of ketones is 1. The molecular weight excluding hydrogens is 246 g/mol. The van der Waals surface area contributed by atoms with Crippen LogP contribution in [-0.2, 0) is 13.0 Å². The maximum Gasteiger partial charge on any atom is 0.166 e. The second-order valence-electron chi connectivity index (χ2n) is 5.60. The third kappa shape index (κ3) is 4.09. The lowest BCUT2D eigenvalue weighted by Gasteiger charge is -2.04. The normalized spacial score (nSPS) is 10.9. The van der Waals surface area contributed by atoms with E-state index in [0.29, 0.717) is 0 Å². The Labute approximate surface area is 121 Å². The molecule has 106 valence electrons. The van der Waals surface area contributed by atoms with Crippen LogP contribution in [0.1, 0.15) is 42.6 Å². The lowest BCUT2D eigenvalue weighted by atomic mass is 10.0. The van der Waals surface area contributed by atoms with Crippen molar-refractivity contribution in [3.8, 4) is 0 Å². The molecule has 2 heteroatoms. The molecule has 0 saturated carbocycles. The minimum absolute atomic E-state index is 0.0731. The van der Waals surface area contributed by atoms with Crippen molar-refractivity contribution in [1.82, 2.24) is 4.57 Å². The van der Waals surface area contributed by atoms with Crippen molar-refractivity contribution in [3.63, 3.8) is 0 Å². The van der Waals surface area contributed by atoms with Crippen LogP contribution in [0.2, 0.25) is 0 Å². The highest BCUT2D eigenvalue weighted by molar-refractivity contribution is 5.97. The molecule has 2 rings (SSSR count). The largest absolute Gasteiger partial charge is 0.354 e. The van der Waals surface area contributed by atoms with E-state index in [1.165, 1.54) is 12.0 Å². The summed E-state index contributed by atoms with van der Waals surface area (Å²) in [6, 6.07) is 12.5. The van der Waals surface area contributed by atoms with E-state index in [1.54, 1.807) is 0 Å². The zero-order chi connectivity index (χ0) is 14.4. The third-order valence-electron chi connectivity index (χ3n) is 3.53. The first-order valence-corrected chi connectivity index (χ1v) is 7.41. The summed E-state index contributed by atoms with van der Waals surface area (Å²) in [5, 5.41) is 0. The number of aryl methyl sites for hydroxylation is 2. The van der Waals surface area contributed by atoms with E-state index in [4.69, 9.17) is 0 Å². The molecule has 1 heterocycles. The van der Waals surface area contributed by atoms with Gasteiger partial charge >= 0.3 is 0 Å². The van der Waals surface area contributed by atoms with Crippen molar-refractivity contribution >= 4 is 5.78 Å². The maximum atomic E-state index is 11.9. The highest BCUT2D eigenvalue weighted by atomic mass is 16.1. The van der Waals surface area contributed by atoms with Crippen LogP contribution in [0.25, 0.3) is 0 Å². The number of benzene rings is 1. The van der Waals surface area contributed by atoms with Gasteiger partial charge in [0.2, 0.25) is 0 Å². The standard InChI is InChI=1S/C18H23NO/c1-15(2)18(20)17-11-13-19(14-17)12-7-6-10-16-8-4-3-5-9-16/h3-5,8-9,11,13-15H,6-7,10,12H2,1-2H3. The highest BCUT2D eigenvalue weighted by Crippen LogP contribution is 2.11. The van der Waals surface area contributed by atoms with Crippen LogP contribution in [0.4, 0.5) is 0 Å². The van der Waals surface area contributed by atoms with Crippen LogP contribution in [0.5, 0.6) is 0 Å². The van der Waals surface area contributed by atoms with Crippen molar-refractivity contribution in [3.05, 3.63) is 59.9 Å². The summed E-state index contributed by atoms with van der Waals surface area (Å²) in [6.45, 7) is 4.87. The molecular formula is C18H23NO. The first-order chi connectivity index (χ1) is 9.66. The van der Waals surface area contributed by atoms with Crippen molar-refractivity contribution in [2.45, 2.75) is 39.7 Å². The molecule has 0 amide bonds. The summed E-state index contributed by atoms with van der Waals surface area (Å²) in [4.78, 5) is 11.9. The molecule has 0 saturated heterocycles. The number of rotatable bonds is 7. The minimum Gasteiger partial charge on any atom is -0.354 e. The lowest BCUT2D eigenvalue weighted by molar-refractivity contribution is 0.0939. The van der Waals surface area contributed by atoms with Gasteiger partial charge in [0.25, 0.3) is 0 Å². The molecule has 2 aromatic rings. The van der Waals surface area contributed by atoms with Gasteiger partial charge in [0, 0.05) is 30.4 Å². The third-order valence-corrected chi connectivity index (χ3v) is 3.53. The fraction of sp³-hybridized carbons (Fsp3) is 0.389.